The van der Waals surface area contributed by atoms with Gasteiger partial charge >= 0.3 is 0 Å². The molecule has 1 amide bonds. The fraction of sp³-hybridized carbons (Fsp3) is 0.125. The SMILES string of the molecule is COOc1cccc(O)c1C(N)=O. The molecule has 0 aromatic heterocycles. The highest BCUT2D eigenvalue weighted by atomic mass is 17.2. The largest absolute Gasteiger partial charge is 0.507 e. The van der Waals surface area contributed by atoms with E-state index in [1.165, 1.54) is 25.3 Å². The van der Waals surface area contributed by atoms with Crippen molar-refractivity contribution < 1.29 is 19.7 Å². The van der Waals surface area contributed by atoms with E-state index < -0.39 is 5.91 Å². The Balaban J connectivity index is 3.17. The molecule has 70 valence electrons. The lowest BCUT2D eigenvalue weighted by atomic mass is 10.1. The lowest BCUT2D eigenvalue weighted by Crippen LogP contribution is -2.13. The molecule has 0 spiro atoms. The molecule has 0 heterocycles. The molecule has 0 fully saturated rings. The molecule has 0 aliphatic carbocycles. The van der Waals surface area contributed by atoms with Crippen LogP contribution in [0.2, 0.25) is 0 Å². The van der Waals surface area contributed by atoms with Gasteiger partial charge in [0.2, 0.25) is 0 Å². The number of aromatic hydroxyl groups is 1. The van der Waals surface area contributed by atoms with Crippen molar-refractivity contribution in [3.8, 4) is 11.5 Å². The summed E-state index contributed by atoms with van der Waals surface area (Å²) in [5, 5.41) is 9.25. The van der Waals surface area contributed by atoms with Crippen molar-refractivity contribution in [1.29, 1.82) is 0 Å². The Bertz CT molecular complexity index is 324. The second-order valence-corrected chi connectivity index (χ2v) is 2.26. The van der Waals surface area contributed by atoms with E-state index in [9.17, 15) is 9.90 Å². The zero-order chi connectivity index (χ0) is 9.84. The Morgan fingerprint density at radius 1 is 1.54 bits per heavy atom. The number of phenols is 1. The van der Waals surface area contributed by atoms with Crippen molar-refractivity contribution in [2.75, 3.05) is 7.11 Å². The van der Waals surface area contributed by atoms with Crippen LogP contribution in [0.5, 0.6) is 11.5 Å². The highest BCUT2D eigenvalue weighted by Crippen LogP contribution is 2.26. The maximum absolute atomic E-state index is 10.8. The number of nitrogens with two attached hydrogens (primary N) is 1. The van der Waals surface area contributed by atoms with E-state index in [0.29, 0.717) is 0 Å². The Labute approximate surface area is 74.6 Å². The van der Waals surface area contributed by atoms with Crippen molar-refractivity contribution in [2.45, 2.75) is 0 Å². The first kappa shape index (κ1) is 9.34. The minimum absolute atomic E-state index is 0.0926. The molecule has 0 radical (unpaired) electrons. The first-order valence-corrected chi connectivity index (χ1v) is 3.49. The maximum Gasteiger partial charge on any atom is 0.256 e. The fourth-order valence-electron chi connectivity index (χ4n) is 0.926. The summed E-state index contributed by atoms with van der Waals surface area (Å²) in [7, 11) is 1.29. The van der Waals surface area contributed by atoms with Gasteiger partial charge in [0.15, 0.2) is 5.75 Å². The molecule has 0 saturated carbocycles. The van der Waals surface area contributed by atoms with Gasteiger partial charge in [-0.1, -0.05) is 6.07 Å². The average molecular weight is 183 g/mol. The van der Waals surface area contributed by atoms with Crippen LogP contribution in [-0.2, 0) is 4.89 Å². The van der Waals surface area contributed by atoms with Crippen LogP contribution in [0.25, 0.3) is 0 Å². The monoisotopic (exact) mass is 183 g/mol. The Morgan fingerprint density at radius 3 is 2.77 bits per heavy atom. The van der Waals surface area contributed by atoms with Crippen LogP contribution in [0.15, 0.2) is 18.2 Å². The molecule has 0 unspecified atom stereocenters. The topological polar surface area (TPSA) is 81.8 Å². The Morgan fingerprint density at radius 2 is 2.23 bits per heavy atom. The van der Waals surface area contributed by atoms with Gasteiger partial charge in [0.1, 0.15) is 11.3 Å². The average Bonchev–Trinajstić information content (AvgIpc) is 2.04. The zero-order valence-corrected chi connectivity index (χ0v) is 6.98. The number of benzene rings is 1. The van der Waals surface area contributed by atoms with Crippen molar-refractivity contribution >= 4 is 5.91 Å². The van der Waals surface area contributed by atoms with E-state index in [-0.39, 0.29) is 17.1 Å². The van der Waals surface area contributed by atoms with Crippen LogP contribution in [0.3, 0.4) is 0 Å². The van der Waals surface area contributed by atoms with Crippen molar-refractivity contribution in [3.05, 3.63) is 23.8 Å². The molecule has 0 atom stereocenters. The highest BCUT2D eigenvalue weighted by molar-refractivity contribution is 5.98. The number of carbonyl (C=O) groups excluding carboxylic acids is 1. The molecule has 0 aliphatic rings. The Kier molecular flexibility index (Phi) is 2.71. The van der Waals surface area contributed by atoms with Gasteiger partial charge in [-0.3, -0.25) is 4.79 Å². The molecule has 1 rings (SSSR count). The van der Waals surface area contributed by atoms with Gasteiger partial charge in [-0.15, -0.1) is 0 Å². The molecule has 13 heavy (non-hydrogen) atoms. The third-order valence-corrected chi connectivity index (χ3v) is 1.42. The minimum atomic E-state index is -0.773. The van der Waals surface area contributed by atoms with Crippen LogP contribution < -0.4 is 10.6 Å². The number of amides is 1. The van der Waals surface area contributed by atoms with Crippen LogP contribution in [0.4, 0.5) is 0 Å². The second kappa shape index (κ2) is 3.77. The van der Waals surface area contributed by atoms with Gasteiger partial charge in [0.25, 0.3) is 5.91 Å². The van der Waals surface area contributed by atoms with Crippen LogP contribution >= 0.6 is 0 Å². The fourth-order valence-corrected chi connectivity index (χ4v) is 0.926. The van der Waals surface area contributed by atoms with Gasteiger partial charge in [-0.25, -0.2) is 0 Å². The molecule has 1 aromatic carbocycles. The quantitative estimate of drug-likeness (QED) is 0.526. The lowest BCUT2D eigenvalue weighted by Gasteiger charge is -2.06. The van der Waals surface area contributed by atoms with E-state index in [1.807, 2.05) is 0 Å². The van der Waals surface area contributed by atoms with Gasteiger partial charge in [0, 0.05) is 0 Å². The number of hydrogen-bond acceptors (Lipinski definition) is 4. The van der Waals surface area contributed by atoms with Gasteiger partial charge in [0.05, 0.1) is 7.11 Å². The summed E-state index contributed by atoms with van der Waals surface area (Å²) in [6.07, 6.45) is 0. The summed E-state index contributed by atoms with van der Waals surface area (Å²) < 4.78 is 0. The first-order chi connectivity index (χ1) is 6.16. The summed E-state index contributed by atoms with van der Waals surface area (Å²) >= 11 is 0. The van der Waals surface area contributed by atoms with Gasteiger partial charge in [-0.05, 0) is 12.1 Å². The third kappa shape index (κ3) is 1.88. The molecule has 0 bridgehead atoms. The number of primary amides is 1. The molecule has 5 heteroatoms. The zero-order valence-electron chi connectivity index (χ0n) is 6.98. The smallest absolute Gasteiger partial charge is 0.256 e. The molecule has 0 saturated heterocycles. The van der Waals surface area contributed by atoms with Crippen LogP contribution in [0.1, 0.15) is 10.4 Å². The standard InChI is InChI=1S/C8H9NO4/c1-12-13-6-4-2-3-5(10)7(6)8(9)11/h2-4,10H,1H3,(H2,9,11). The Hall–Kier alpha value is -1.75. The highest BCUT2D eigenvalue weighted by Gasteiger charge is 2.14. The van der Waals surface area contributed by atoms with E-state index >= 15 is 0 Å². The molecule has 5 nitrogen and oxygen atoms in total. The maximum atomic E-state index is 10.8. The van der Waals surface area contributed by atoms with Gasteiger partial charge < -0.3 is 15.7 Å². The summed E-state index contributed by atoms with van der Waals surface area (Å²) in [4.78, 5) is 19.8. The molecule has 3 N–H and O–H groups in total. The van der Waals surface area contributed by atoms with Crippen molar-refractivity contribution in [3.63, 3.8) is 0 Å². The predicted molar refractivity (Wildman–Crippen MR) is 44.3 cm³/mol. The van der Waals surface area contributed by atoms with Gasteiger partial charge in [-0.2, -0.15) is 4.89 Å². The summed E-state index contributed by atoms with van der Waals surface area (Å²) in [5.74, 6) is -0.915. The molecule has 0 aliphatic heterocycles. The van der Waals surface area contributed by atoms with E-state index in [1.54, 1.807) is 0 Å². The summed E-state index contributed by atoms with van der Waals surface area (Å²) in [6, 6.07) is 4.31. The normalized spacial score (nSPS) is 9.62. The number of rotatable bonds is 3. The van der Waals surface area contributed by atoms with E-state index in [2.05, 4.69) is 9.78 Å². The predicted octanol–water partition coefficient (Wildman–Crippen LogP) is 0.431. The third-order valence-electron chi connectivity index (χ3n) is 1.42. The number of carbonyl (C=O) groups is 1. The van der Waals surface area contributed by atoms with E-state index in [0.717, 1.165) is 0 Å². The van der Waals surface area contributed by atoms with Crippen molar-refractivity contribution in [1.82, 2.24) is 0 Å². The second-order valence-electron chi connectivity index (χ2n) is 2.26. The molecular formula is C8H9NO4. The number of hydrogen-bond donors (Lipinski definition) is 2. The van der Waals surface area contributed by atoms with E-state index in [4.69, 9.17) is 5.73 Å². The van der Waals surface area contributed by atoms with Crippen LogP contribution in [0, 0.1) is 0 Å². The molecule has 1 aromatic rings. The summed E-state index contributed by atoms with van der Waals surface area (Å²) in [6.45, 7) is 0. The summed E-state index contributed by atoms with van der Waals surface area (Å²) in [5.41, 5.74) is 4.92. The van der Waals surface area contributed by atoms with Crippen LogP contribution in [-0.4, -0.2) is 18.1 Å². The minimum Gasteiger partial charge on any atom is -0.507 e. The van der Waals surface area contributed by atoms with Crippen molar-refractivity contribution in [2.24, 2.45) is 5.73 Å². The molecular weight excluding hydrogens is 174 g/mol. The lowest BCUT2D eigenvalue weighted by molar-refractivity contribution is -0.178. The first-order valence-electron chi connectivity index (χ1n) is 3.49.